The van der Waals surface area contributed by atoms with Gasteiger partial charge in [-0.1, -0.05) is 30.3 Å². The maximum Gasteiger partial charge on any atom is 0.0923 e. The third kappa shape index (κ3) is 3.64. The van der Waals surface area contributed by atoms with Crippen molar-refractivity contribution in [2.45, 2.75) is 18.5 Å². The van der Waals surface area contributed by atoms with Gasteiger partial charge in [-0.3, -0.25) is 0 Å². The number of hydrogen-bond acceptors (Lipinski definition) is 3. The zero-order valence-corrected chi connectivity index (χ0v) is 8.83. The molecule has 4 heteroatoms. The lowest BCUT2D eigenvalue weighted by atomic mass is 10.1. The molecule has 0 saturated heterocycles. The van der Waals surface area contributed by atoms with Gasteiger partial charge < -0.3 is 5.11 Å². The number of rotatable bonds is 5. The molecule has 1 aromatic rings. The molecule has 2 unspecified atom stereocenters. The molecule has 3 N–H and O–H groups in total. The highest BCUT2D eigenvalue weighted by atomic mass is 35.5. The predicted molar refractivity (Wildman–Crippen MR) is 57.9 cm³/mol. The monoisotopic (exact) mass is 214 g/mol. The van der Waals surface area contributed by atoms with Crippen molar-refractivity contribution in [1.29, 1.82) is 0 Å². The van der Waals surface area contributed by atoms with E-state index in [-0.39, 0.29) is 18.1 Å². The zero-order valence-electron chi connectivity index (χ0n) is 8.07. The summed E-state index contributed by atoms with van der Waals surface area (Å²) in [4.78, 5) is 0. The summed E-state index contributed by atoms with van der Waals surface area (Å²) in [7, 11) is 0. The Bertz CT molecular complexity index is 254. The molecule has 1 aromatic carbocycles. The number of nitrogens with one attached hydrogen (secondary N) is 2. The summed E-state index contributed by atoms with van der Waals surface area (Å²) in [6.07, 6.45) is 0. The van der Waals surface area contributed by atoms with E-state index in [1.54, 1.807) is 0 Å². The Hall–Kier alpha value is -0.610. The maximum absolute atomic E-state index is 9.15. The lowest BCUT2D eigenvalue weighted by Crippen LogP contribution is -2.40. The van der Waals surface area contributed by atoms with Crippen LogP contribution in [0, 0.1) is 0 Å². The number of aliphatic hydroxyl groups excluding tert-OH is 1. The minimum atomic E-state index is -0.173. The van der Waals surface area contributed by atoms with Crippen molar-refractivity contribution in [3.8, 4) is 0 Å². The molecule has 0 bridgehead atoms. The Morgan fingerprint density at radius 3 is 2.43 bits per heavy atom. The van der Waals surface area contributed by atoms with Gasteiger partial charge in [0.15, 0.2) is 0 Å². The molecule has 2 atom stereocenters. The molecule has 0 heterocycles. The Morgan fingerprint density at radius 1 is 1.29 bits per heavy atom. The lowest BCUT2D eigenvalue weighted by molar-refractivity contribution is 0.230. The SMILES string of the molecule is CC(Cl)NNC(CO)c1ccccc1. The molecule has 0 saturated carbocycles. The number of aliphatic hydroxyl groups is 1. The summed E-state index contributed by atoms with van der Waals surface area (Å²) < 4.78 is 0. The van der Waals surface area contributed by atoms with Crippen molar-refractivity contribution in [2.75, 3.05) is 6.61 Å². The van der Waals surface area contributed by atoms with Crippen LogP contribution in [0.4, 0.5) is 0 Å². The molecule has 78 valence electrons. The molecule has 0 aliphatic heterocycles. The minimum Gasteiger partial charge on any atom is -0.394 e. The average molecular weight is 215 g/mol. The third-order valence-electron chi connectivity index (χ3n) is 1.84. The van der Waals surface area contributed by atoms with Crippen molar-refractivity contribution in [3.05, 3.63) is 35.9 Å². The van der Waals surface area contributed by atoms with Gasteiger partial charge in [0, 0.05) is 0 Å². The van der Waals surface area contributed by atoms with E-state index < -0.39 is 0 Å². The molecule has 0 aliphatic carbocycles. The van der Waals surface area contributed by atoms with E-state index in [4.69, 9.17) is 16.7 Å². The topological polar surface area (TPSA) is 44.3 Å². The van der Waals surface area contributed by atoms with Crippen LogP contribution in [-0.2, 0) is 0 Å². The summed E-state index contributed by atoms with van der Waals surface area (Å²) in [6, 6.07) is 9.59. The van der Waals surface area contributed by atoms with E-state index in [2.05, 4.69) is 10.9 Å². The van der Waals surface area contributed by atoms with Gasteiger partial charge in [-0.05, 0) is 12.5 Å². The average Bonchev–Trinajstić information content (AvgIpc) is 2.20. The van der Waals surface area contributed by atoms with Crippen LogP contribution in [0.25, 0.3) is 0 Å². The molecule has 0 radical (unpaired) electrons. The Kier molecular flexibility index (Phi) is 4.90. The molecule has 3 nitrogen and oxygen atoms in total. The number of hydrogen-bond donors (Lipinski definition) is 3. The van der Waals surface area contributed by atoms with E-state index >= 15 is 0 Å². The van der Waals surface area contributed by atoms with Crippen molar-refractivity contribution in [2.24, 2.45) is 0 Å². The van der Waals surface area contributed by atoms with Crippen molar-refractivity contribution < 1.29 is 5.11 Å². The number of halogens is 1. The maximum atomic E-state index is 9.15. The normalized spacial score (nSPS) is 15.1. The molecule has 0 fully saturated rings. The largest absolute Gasteiger partial charge is 0.394 e. The highest BCUT2D eigenvalue weighted by Crippen LogP contribution is 2.10. The summed E-state index contributed by atoms with van der Waals surface area (Å²) in [5, 5.41) is 9.15. The minimum absolute atomic E-state index is 0.0284. The fourth-order valence-corrected chi connectivity index (χ4v) is 1.20. The van der Waals surface area contributed by atoms with Crippen molar-refractivity contribution >= 4 is 11.6 Å². The van der Waals surface area contributed by atoms with Gasteiger partial charge in [0.1, 0.15) is 0 Å². The van der Waals surface area contributed by atoms with Crippen LogP contribution in [0.3, 0.4) is 0 Å². The second kappa shape index (κ2) is 5.98. The Balaban J connectivity index is 2.54. The van der Waals surface area contributed by atoms with Gasteiger partial charge in [0.25, 0.3) is 0 Å². The van der Waals surface area contributed by atoms with E-state index in [1.807, 2.05) is 37.3 Å². The van der Waals surface area contributed by atoms with Crippen LogP contribution in [0.15, 0.2) is 30.3 Å². The third-order valence-corrected chi connectivity index (χ3v) is 1.95. The van der Waals surface area contributed by atoms with Crippen LogP contribution >= 0.6 is 11.6 Å². The second-order valence-corrected chi connectivity index (χ2v) is 3.71. The summed E-state index contributed by atoms with van der Waals surface area (Å²) in [5.74, 6) is 0. The van der Waals surface area contributed by atoms with Crippen LogP contribution in [-0.4, -0.2) is 17.2 Å². The molecule has 14 heavy (non-hydrogen) atoms. The highest BCUT2D eigenvalue weighted by Gasteiger charge is 2.08. The predicted octanol–water partition coefficient (Wildman–Crippen LogP) is 1.40. The van der Waals surface area contributed by atoms with Gasteiger partial charge in [-0.25, -0.2) is 10.9 Å². The second-order valence-electron chi connectivity index (χ2n) is 3.05. The van der Waals surface area contributed by atoms with Gasteiger partial charge in [-0.2, -0.15) is 0 Å². The van der Waals surface area contributed by atoms with Crippen LogP contribution in [0.1, 0.15) is 18.5 Å². The first-order valence-electron chi connectivity index (χ1n) is 4.55. The molecule has 0 spiro atoms. The van der Waals surface area contributed by atoms with Crippen molar-refractivity contribution in [3.63, 3.8) is 0 Å². The fourth-order valence-electron chi connectivity index (χ4n) is 1.14. The lowest BCUT2D eigenvalue weighted by Gasteiger charge is -2.18. The molecular formula is C10H15ClN2O. The van der Waals surface area contributed by atoms with Gasteiger partial charge in [-0.15, -0.1) is 11.6 Å². The van der Waals surface area contributed by atoms with Gasteiger partial charge in [0.05, 0.1) is 18.1 Å². The standard InChI is InChI=1S/C10H15ClN2O/c1-8(11)12-13-10(7-14)9-5-3-2-4-6-9/h2-6,8,10,12-14H,7H2,1H3. The van der Waals surface area contributed by atoms with E-state index in [0.717, 1.165) is 5.56 Å². The smallest absolute Gasteiger partial charge is 0.0923 e. The Morgan fingerprint density at radius 2 is 1.93 bits per heavy atom. The molecule has 0 amide bonds. The van der Waals surface area contributed by atoms with Crippen molar-refractivity contribution in [1.82, 2.24) is 10.9 Å². The highest BCUT2D eigenvalue weighted by molar-refractivity contribution is 6.20. The summed E-state index contributed by atoms with van der Waals surface area (Å²) >= 11 is 5.71. The first kappa shape index (κ1) is 11.5. The van der Waals surface area contributed by atoms with Gasteiger partial charge >= 0.3 is 0 Å². The first-order chi connectivity index (χ1) is 6.74. The molecule has 1 rings (SSSR count). The number of benzene rings is 1. The summed E-state index contributed by atoms with van der Waals surface area (Å²) in [5.41, 5.74) is 6.66. The molecule has 0 aliphatic rings. The van der Waals surface area contributed by atoms with Crippen LogP contribution < -0.4 is 10.9 Å². The van der Waals surface area contributed by atoms with E-state index in [9.17, 15) is 0 Å². The molecule has 0 aromatic heterocycles. The van der Waals surface area contributed by atoms with Gasteiger partial charge in [0.2, 0.25) is 0 Å². The quantitative estimate of drug-likeness (QED) is 0.395. The zero-order chi connectivity index (χ0) is 10.4. The van der Waals surface area contributed by atoms with E-state index in [0.29, 0.717) is 0 Å². The first-order valence-corrected chi connectivity index (χ1v) is 4.98. The Labute approximate surface area is 89.1 Å². The van der Waals surface area contributed by atoms with Crippen LogP contribution in [0.2, 0.25) is 0 Å². The fraction of sp³-hybridized carbons (Fsp3) is 0.400. The van der Waals surface area contributed by atoms with Crippen LogP contribution in [0.5, 0.6) is 0 Å². The molecular weight excluding hydrogens is 200 g/mol. The number of alkyl halides is 1. The van der Waals surface area contributed by atoms with E-state index in [1.165, 1.54) is 0 Å². The number of hydrazine groups is 1. The summed E-state index contributed by atoms with van der Waals surface area (Å²) in [6.45, 7) is 1.84.